The second kappa shape index (κ2) is 7.11. The molecule has 20 heavy (non-hydrogen) atoms. The molecule has 3 N–H and O–H groups in total. The number of amides is 1. The lowest BCUT2D eigenvalue weighted by Gasteiger charge is -2.25. The van der Waals surface area contributed by atoms with Crippen molar-refractivity contribution >= 4 is 22.0 Å². The monoisotopic (exact) mass is 301 g/mol. The van der Waals surface area contributed by atoms with Crippen LogP contribution in [-0.2, 0) is 14.9 Å². The van der Waals surface area contributed by atoms with E-state index in [1.165, 1.54) is 0 Å². The minimum Gasteiger partial charge on any atom is -0.452 e. The first-order valence-electron chi connectivity index (χ1n) is 6.06. The molecule has 0 aliphatic carbocycles. The van der Waals surface area contributed by atoms with Crippen molar-refractivity contribution in [2.24, 2.45) is 5.73 Å². The number of carbonyl (C=O) groups is 1. The zero-order chi connectivity index (χ0) is 15.2. The normalized spacial score (nSPS) is 10.9. The van der Waals surface area contributed by atoms with Crippen LogP contribution in [0.4, 0.5) is 10.5 Å². The molecule has 0 radical (unpaired) electrons. The van der Waals surface area contributed by atoms with E-state index in [2.05, 4.69) is 4.74 Å². The van der Waals surface area contributed by atoms with Gasteiger partial charge in [0.05, 0.1) is 12.8 Å². The first kappa shape index (κ1) is 16.3. The summed E-state index contributed by atoms with van der Waals surface area (Å²) in [5.74, 6) is 0. The van der Waals surface area contributed by atoms with E-state index in [0.717, 1.165) is 17.0 Å². The summed E-state index contributed by atoms with van der Waals surface area (Å²) < 4.78 is 31.7. The van der Waals surface area contributed by atoms with Gasteiger partial charge in [0, 0.05) is 6.54 Å². The summed E-state index contributed by atoms with van der Waals surface area (Å²) in [5.41, 5.74) is 6.71. The van der Waals surface area contributed by atoms with E-state index in [1.807, 2.05) is 4.72 Å². The van der Waals surface area contributed by atoms with Gasteiger partial charge in [-0.1, -0.05) is 18.2 Å². The first-order valence-corrected chi connectivity index (χ1v) is 7.50. The predicted octanol–water partition coefficient (Wildman–Crippen LogP) is 0.751. The van der Waals surface area contributed by atoms with Crippen molar-refractivity contribution in [2.75, 3.05) is 24.5 Å². The van der Waals surface area contributed by atoms with E-state index in [-0.39, 0.29) is 6.54 Å². The molecule has 0 spiro atoms. The molecule has 0 bridgehead atoms. The molecule has 0 aliphatic rings. The fourth-order valence-corrected chi connectivity index (χ4v) is 2.89. The van der Waals surface area contributed by atoms with Crippen LogP contribution >= 0.6 is 0 Å². The quantitative estimate of drug-likeness (QED) is 0.807. The van der Waals surface area contributed by atoms with Crippen LogP contribution in [0.2, 0.25) is 0 Å². The number of hydrogen-bond acceptors (Lipinski definition) is 5. The molecule has 0 aliphatic heterocycles. The zero-order valence-corrected chi connectivity index (χ0v) is 12.3. The summed E-state index contributed by atoms with van der Waals surface area (Å²) in [4.78, 5) is 11.2. The number of benzene rings is 1. The van der Waals surface area contributed by atoms with Crippen LogP contribution in [-0.4, -0.2) is 34.7 Å². The highest BCUT2D eigenvalue weighted by atomic mass is 32.2. The first-order chi connectivity index (χ1) is 9.42. The van der Waals surface area contributed by atoms with E-state index < -0.39 is 16.3 Å². The maximum Gasteiger partial charge on any atom is 0.422 e. The minimum absolute atomic E-state index is 0.174. The van der Waals surface area contributed by atoms with Gasteiger partial charge in [-0.05, 0) is 31.5 Å². The third-order valence-corrected chi connectivity index (χ3v) is 4.02. The van der Waals surface area contributed by atoms with Gasteiger partial charge in [0.15, 0.2) is 0 Å². The van der Waals surface area contributed by atoms with Gasteiger partial charge >= 0.3 is 16.3 Å². The molecule has 0 unspecified atom stereocenters. The molecular weight excluding hydrogens is 282 g/mol. The van der Waals surface area contributed by atoms with E-state index >= 15 is 0 Å². The van der Waals surface area contributed by atoms with Gasteiger partial charge in [-0.2, -0.15) is 8.42 Å². The molecule has 1 rings (SSSR count). The Morgan fingerprint density at radius 1 is 1.40 bits per heavy atom. The summed E-state index contributed by atoms with van der Waals surface area (Å²) in [7, 11) is -2.93. The largest absolute Gasteiger partial charge is 0.452 e. The van der Waals surface area contributed by atoms with Gasteiger partial charge in [-0.3, -0.25) is 4.31 Å². The molecule has 8 heteroatoms. The van der Waals surface area contributed by atoms with Gasteiger partial charge in [0.1, 0.15) is 0 Å². The standard InChI is InChI=1S/C12H19N3O4S/c1-10-6-3-4-7-11(10)15(9-5-8-13)20(17,18)14-12(16)19-2/h3-4,6-7H,5,8-9,13H2,1-2H3,(H,14,16). The third kappa shape index (κ3) is 4.10. The van der Waals surface area contributed by atoms with Crippen LogP contribution in [0.3, 0.4) is 0 Å². The molecule has 1 amide bonds. The highest BCUT2D eigenvalue weighted by molar-refractivity contribution is 7.91. The van der Waals surface area contributed by atoms with Crippen molar-refractivity contribution in [3.05, 3.63) is 29.8 Å². The van der Waals surface area contributed by atoms with Gasteiger partial charge in [-0.15, -0.1) is 0 Å². The number of rotatable bonds is 6. The maximum absolute atomic E-state index is 12.2. The van der Waals surface area contributed by atoms with E-state index in [1.54, 1.807) is 31.2 Å². The van der Waals surface area contributed by atoms with Crippen molar-refractivity contribution in [3.63, 3.8) is 0 Å². The van der Waals surface area contributed by atoms with Crippen LogP contribution in [0, 0.1) is 6.92 Å². The Bertz CT molecular complexity index is 560. The predicted molar refractivity (Wildman–Crippen MR) is 76.7 cm³/mol. The number of methoxy groups -OCH3 is 1. The average Bonchev–Trinajstić information content (AvgIpc) is 2.40. The Morgan fingerprint density at radius 3 is 2.60 bits per heavy atom. The molecule has 0 heterocycles. The van der Waals surface area contributed by atoms with Crippen molar-refractivity contribution in [1.82, 2.24) is 4.72 Å². The summed E-state index contributed by atoms with van der Waals surface area (Å²) in [6.45, 7) is 2.31. The maximum atomic E-state index is 12.2. The Morgan fingerprint density at radius 2 is 2.05 bits per heavy atom. The SMILES string of the molecule is COC(=O)NS(=O)(=O)N(CCCN)c1ccccc1C. The molecular formula is C12H19N3O4S. The van der Waals surface area contributed by atoms with Crippen LogP contribution in [0.5, 0.6) is 0 Å². The van der Waals surface area contributed by atoms with E-state index in [0.29, 0.717) is 18.7 Å². The fourth-order valence-electron chi connectivity index (χ4n) is 1.65. The third-order valence-electron chi connectivity index (χ3n) is 2.64. The Labute approximate surface area is 118 Å². The molecule has 0 aromatic heterocycles. The van der Waals surface area contributed by atoms with Crippen LogP contribution in [0.15, 0.2) is 24.3 Å². The summed E-state index contributed by atoms with van der Waals surface area (Å²) in [6.07, 6.45) is -0.563. The number of ether oxygens (including phenoxy) is 1. The second-order valence-corrected chi connectivity index (χ2v) is 5.69. The highest BCUT2D eigenvalue weighted by Gasteiger charge is 2.25. The molecule has 0 saturated carbocycles. The lowest BCUT2D eigenvalue weighted by Crippen LogP contribution is -2.44. The van der Waals surface area contributed by atoms with Gasteiger partial charge in [-0.25, -0.2) is 9.52 Å². The van der Waals surface area contributed by atoms with Crippen molar-refractivity contribution < 1.29 is 17.9 Å². The zero-order valence-electron chi connectivity index (χ0n) is 11.5. The van der Waals surface area contributed by atoms with Gasteiger partial charge in [0.25, 0.3) is 0 Å². The number of anilines is 1. The van der Waals surface area contributed by atoms with Crippen molar-refractivity contribution in [2.45, 2.75) is 13.3 Å². The molecule has 0 atom stereocenters. The molecule has 0 saturated heterocycles. The summed E-state index contributed by atoms with van der Waals surface area (Å²) in [5, 5.41) is 0. The number of aryl methyl sites for hydroxylation is 1. The van der Waals surface area contributed by atoms with Crippen molar-refractivity contribution in [1.29, 1.82) is 0 Å². The smallest absolute Gasteiger partial charge is 0.422 e. The molecule has 0 fully saturated rings. The second-order valence-electron chi connectivity index (χ2n) is 4.10. The van der Waals surface area contributed by atoms with Crippen LogP contribution in [0.25, 0.3) is 0 Å². The highest BCUT2D eigenvalue weighted by Crippen LogP contribution is 2.22. The Hall–Kier alpha value is -1.80. The number of carbonyl (C=O) groups excluding carboxylic acids is 1. The number of para-hydroxylation sites is 1. The number of nitrogens with one attached hydrogen (secondary N) is 1. The van der Waals surface area contributed by atoms with Crippen LogP contribution in [0.1, 0.15) is 12.0 Å². The average molecular weight is 301 g/mol. The van der Waals surface area contributed by atoms with Gasteiger partial charge in [0.2, 0.25) is 0 Å². The fraction of sp³-hybridized carbons (Fsp3) is 0.417. The number of nitrogens with zero attached hydrogens (tertiary/aromatic N) is 1. The molecule has 1 aromatic rings. The summed E-state index contributed by atoms with van der Waals surface area (Å²) >= 11 is 0. The molecule has 7 nitrogen and oxygen atoms in total. The molecule has 112 valence electrons. The van der Waals surface area contributed by atoms with Crippen molar-refractivity contribution in [3.8, 4) is 0 Å². The lowest BCUT2D eigenvalue weighted by molar-refractivity contribution is 0.177. The molecule has 1 aromatic carbocycles. The minimum atomic E-state index is -4.03. The van der Waals surface area contributed by atoms with Crippen LogP contribution < -0.4 is 14.8 Å². The summed E-state index contributed by atoms with van der Waals surface area (Å²) in [6, 6.07) is 6.99. The Balaban J connectivity index is 3.12. The number of hydrogen-bond donors (Lipinski definition) is 2. The topological polar surface area (TPSA) is 102 Å². The Kier molecular flexibility index (Phi) is 5.78. The number of nitrogens with two attached hydrogens (primary N) is 1. The van der Waals surface area contributed by atoms with E-state index in [4.69, 9.17) is 5.73 Å². The lowest BCUT2D eigenvalue weighted by atomic mass is 10.2. The van der Waals surface area contributed by atoms with E-state index in [9.17, 15) is 13.2 Å². The van der Waals surface area contributed by atoms with Gasteiger partial charge < -0.3 is 10.5 Å².